The smallest absolute Gasteiger partial charge is 0.321 e. The molecule has 1 heterocycles. The molecule has 0 amide bonds. The van der Waals surface area contributed by atoms with Crippen molar-refractivity contribution in [2.24, 2.45) is 0 Å². The molecule has 2 N–H and O–H groups in total. The first-order valence-electron chi connectivity index (χ1n) is 4.93. The van der Waals surface area contributed by atoms with Gasteiger partial charge in [-0.05, 0) is 17.7 Å². The molecule has 1 unspecified atom stereocenters. The van der Waals surface area contributed by atoms with Gasteiger partial charge in [-0.15, -0.1) is 11.8 Å². The van der Waals surface area contributed by atoms with E-state index in [1.54, 1.807) is 12.1 Å². The molecule has 2 atom stereocenters. The fraction of sp³-hybridized carbons (Fsp3) is 0.300. The molecule has 17 heavy (non-hydrogen) atoms. The fourth-order valence-corrected chi connectivity index (χ4v) is 2.81. The van der Waals surface area contributed by atoms with Crippen molar-refractivity contribution in [1.29, 1.82) is 0 Å². The Morgan fingerprint density at radius 2 is 2.12 bits per heavy atom. The summed E-state index contributed by atoms with van der Waals surface area (Å²) in [6.07, 6.45) is 0. The number of nitro groups is 1. The second-order valence-corrected chi connectivity index (χ2v) is 4.76. The molecule has 0 aliphatic carbocycles. The molecule has 1 aliphatic heterocycles. The van der Waals surface area contributed by atoms with Crippen LogP contribution >= 0.6 is 11.8 Å². The average molecular weight is 254 g/mol. The van der Waals surface area contributed by atoms with Crippen LogP contribution in [0.5, 0.6) is 0 Å². The third-order valence-electron chi connectivity index (χ3n) is 2.49. The van der Waals surface area contributed by atoms with Gasteiger partial charge in [0, 0.05) is 17.9 Å². The molecule has 1 aromatic carbocycles. The van der Waals surface area contributed by atoms with Gasteiger partial charge in [0.1, 0.15) is 6.04 Å². The van der Waals surface area contributed by atoms with Gasteiger partial charge in [-0.25, -0.2) is 0 Å². The van der Waals surface area contributed by atoms with Crippen molar-refractivity contribution >= 4 is 23.4 Å². The van der Waals surface area contributed by atoms with E-state index < -0.39 is 16.9 Å². The van der Waals surface area contributed by atoms with Crippen molar-refractivity contribution in [3.8, 4) is 0 Å². The third-order valence-corrected chi connectivity index (χ3v) is 3.75. The van der Waals surface area contributed by atoms with Crippen LogP contribution in [-0.4, -0.2) is 27.8 Å². The molecule has 1 saturated heterocycles. The number of carboxylic acid groups (broad SMARTS) is 1. The maximum atomic E-state index is 10.8. The number of thioether (sulfide) groups is 1. The first-order valence-corrected chi connectivity index (χ1v) is 5.97. The monoisotopic (exact) mass is 254 g/mol. The van der Waals surface area contributed by atoms with Crippen LogP contribution in [0, 0.1) is 10.1 Å². The van der Waals surface area contributed by atoms with E-state index in [2.05, 4.69) is 5.32 Å². The van der Waals surface area contributed by atoms with Gasteiger partial charge in [0.05, 0.1) is 10.3 Å². The molecule has 0 radical (unpaired) electrons. The predicted molar refractivity (Wildman–Crippen MR) is 62.9 cm³/mol. The summed E-state index contributed by atoms with van der Waals surface area (Å²) in [4.78, 5) is 20.8. The number of nitro benzene ring substituents is 1. The summed E-state index contributed by atoms with van der Waals surface area (Å²) in [6, 6.07) is 5.58. The van der Waals surface area contributed by atoms with Crippen LogP contribution in [-0.2, 0) is 4.79 Å². The average Bonchev–Trinajstić information content (AvgIpc) is 2.78. The number of hydrogen-bond donors (Lipinski definition) is 2. The van der Waals surface area contributed by atoms with Crippen LogP contribution in [0.15, 0.2) is 24.3 Å². The zero-order chi connectivity index (χ0) is 12.4. The summed E-state index contributed by atoms with van der Waals surface area (Å²) >= 11 is 1.48. The first-order chi connectivity index (χ1) is 8.08. The minimum atomic E-state index is -0.873. The topological polar surface area (TPSA) is 92.5 Å². The molecule has 7 heteroatoms. The lowest BCUT2D eigenvalue weighted by atomic mass is 10.2. The van der Waals surface area contributed by atoms with Gasteiger partial charge < -0.3 is 5.11 Å². The van der Waals surface area contributed by atoms with Crippen LogP contribution in [0.25, 0.3) is 0 Å². The second-order valence-electron chi connectivity index (χ2n) is 3.62. The van der Waals surface area contributed by atoms with Gasteiger partial charge in [-0.2, -0.15) is 0 Å². The third kappa shape index (κ3) is 2.56. The Kier molecular flexibility index (Phi) is 3.30. The summed E-state index contributed by atoms with van der Waals surface area (Å²) in [5.74, 6) is -0.376. The molecule has 1 fully saturated rings. The number of non-ortho nitro benzene ring substituents is 1. The second kappa shape index (κ2) is 4.72. The lowest BCUT2D eigenvalue weighted by molar-refractivity contribution is -0.384. The maximum absolute atomic E-state index is 10.8. The number of rotatable bonds is 3. The number of aliphatic carboxylic acids is 1. The number of nitrogens with one attached hydrogen (secondary N) is 1. The Morgan fingerprint density at radius 1 is 1.47 bits per heavy atom. The van der Waals surface area contributed by atoms with Crippen molar-refractivity contribution in [3.05, 3.63) is 39.9 Å². The van der Waals surface area contributed by atoms with Gasteiger partial charge in [0.15, 0.2) is 0 Å². The summed E-state index contributed by atoms with van der Waals surface area (Å²) in [6.45, 7) is 0. The minimum Gasteiger partial charge on any atom is -0.480 e. The van der Waals surface area contributed by atoms with Crippen molar-refractivity contribution in [2.45, 2.75) is 11.4 Å². The highest BCUT2D eigenvalue weighted by molar-refractivity contribution is 7.99. The summed E-state index contributed by atoms with van der Waals surface area (Å²) in [5, 5.41) is 22.1. The van der Waals surface area contributed by atoms with Crippen molar-refractivity contribution in [3.63, 3.8) is 0 Å². The zero-order valence-electron chi connectivity index (χ0n) is 8.70. The molecule has 90 valence electrons. The molecule has 1 aliphatic rings. The van der Waals surface area contributed by atoms with Crippen LogP contribution < -0.4 is 5.32 Å². The van der Waals surface area contributed by atoms with Crippen molar-refractivity contribution < 1.29 is 14.8 Å². The summed E-state index contributed by atoms with van der Waals surface area (Å²) in [5.41, 5.74) is 0.885. The van der Waals surface area contributed by atoms with Gasteiger partial charge in [-0.1, -0.05) is 0 Å². The molecule has 1 aromatic rings. The Morgan fingerprint density at radius 3 is 2.59 bits per heavy atom. The molecule has 2 rings (SSSR count). The minimum absolute atomic E-state index is 0.0338. The number of carbonyl (C=O) groups is 1. The molecule has 0 spiro atoms. The Bertz CT molecular complexity index is 448. The van der Waals surface area contributed by atoms with Crippen LogP contribution in [0.3, 0.4) is 0 Å². The lowest BCUT2D eigenvalue weighted by Gasteiger charge is -2.10. The van der Waals surface area contributed by atoms with E-state index in [0.29, 0.717) is 5.75 Å². The van der Waals surface area contributed by atoms with Crippen molar-refractivity contribution in [1.82, 2.24) is 5.32 Å². The molecule has 0 saturated carbocycles. The highest BCUT2D eigenvalue weighted by Crippen LogP contribution is 2.33. The van der Waals surface area contributed by atoms with E-state index in [1.165, 1.54) is 23.9 Å². The molecule has 0 bridgehead atoms. The summed E-state index contributed by atoms with van der Waals surface area (Å²) in [7, 11) is 0. The van der Waals surface area contributed by atoms with E-state index >= 15 is 0 Å². The van der Waals surface area contributed by atoms with Crippen LogP contribution in [0.2, 0.25) is 0 Å². The van der Waals surface area contributed by atoms with E-state index in [-0.39, 0.29) is 11.1 Å². The SMILES string of the molecule is O=C(O)[C@H]1CSC(c2ccc([N+](=O)[O-])cc2)N1. The van der Waals surface area contributed by atoms with Gasteiger partial charge in [0.2, 0.25) is 0 Å². The number of benzene rings is 1. The number of carboxylic acids is 1. The largest absolute Gasteiger partial charge is 0.480 e. The normalized spacial score (nSPS) is 23.5. The van der Waals surface area contributed by atoms with Gasteiger partial charge in [-0.3, -0.25) is 20.2 Å². The van der Waals surface area contributed by atoms with Crippen LogP contribution in [0.1, 0.15) is 10.9 Å². The molecule has 0 aromatic heterocycles. The molecular weight excluding hydrogens is 244 g/mol. The highest BCUT2D eigenvalue weighted by atomic mass is 32.2. The Labute approximate surface area is 101 Å². The highest BCUT2D eigenvalue weighted by Gasteiger charge is 2.30. The van der Waals surface area contributed by atoms with E-state index in [0.717, 1.165) is 5.56 Å². The zero-order valence-corrected chi connectivity index (χ0v) is 9.52. The Balaban J connectivity index is 2.09. The Hall–Kier alpha value is -1.60. The number of nitrogens with zero attached hydrogens (tertiary/aromatic N) is 1. The van der Waals surface area contributed by atoms with Crippen molar-refractivity contribution in [2.75, 3.05) is 5.75 Å². The van der Waals surface area contributed by atoms with Gasteiger partial charge >= 0.3 is 5.97 Å². The van der Waals surface area contributed by atoms with E-state index in [9.17, 15) is 14.9 Å². The van der Waals surface area contributed by atoms with Gasteiger partial charge in [0.25, 0.3) is 5.69 Å². The van der Waals surface area contributed by atoms with Crippen LogP contribution in [0.4, 0.5) is 5.69 Å². The molecular formula is C10H10N2O4S. The maximum Gasteiger partial charge on any atom is 0.321 e. The standard InChI is InChI=1S/C10H10N2O4S/c13-10(14)8-5-17-9(11-8)6-1-3-7(4-2-6)12(15)16/h1-4,8-9,11H,5H2,(H,13,14)/t8-,9?/m1/s1. The quantitative estimate of drug-likeness (QED) is 0.625. The molecule has 6 nitrogen and oxygen atoms in total. The first kappa shape index (κ1) is 11.9. The number of hydrogen-bond acceptors (Lipinski definition) is 5. The lowest BCUT2D eigenvalue weighted by Crippen LogP contribution is -2.33. The van der Waals surface area contributed by atoms with E-state index in [4.69, 9.17) is 5.11 Å². The predicted octanol–water partition coefficient (Wildman–Crippen LogP) is 1.38. The fourth-order valence-electron chi connectivity index (χ4n) is 1.58. The van der Waals surface area contributed by atoms with E-state index in [1.807, 2.05) is 0 Å². The summed E-state index contributed by atoms with van der Waals surface area (Å²) < 4.78 is 0.